The van der Waals surface area contributed by atoms with Gasteiger partial charge in [0, 0.05) is 21.7 Å². The molecule has 0 amide bonds. The third-order valence-corrected chi connectivity index (χ3v) is 3.71. The summed E-state index contributed by atoms with van der Waals surface area (Å²) >= 11 is 9.34. The van der Waals surface area contributed by atoms with Crippen molar-refractivity contribution in [1.29, 1.82) is 0 Å². The number of methoxy groups -OCH3 is 1. The van der Waals surface area contributed by atoms with E-state index in [1.165, 1.54) is 7.11 Å². The lowest BCUT2D eigenvalue weighted by Crippen LogP contribution is -2.09. The van der Waals surface area contributed by atoms with Crippen LogP contribution in [0.25, 0.3) is 0 Å². The second-order valence-electron chi connectivity index (χ2n) is 4.13. The molecule has 0 spiro atoms. The zero-order chi connectivity index (χ0) is 14.5. The van der Waals surface area contributed by atoms with E-state index >= 15 is 0 Å². The van der Waals surface area contributed by atoms with Crippen LogP contribution in [-0.4, -0.2) is 13.1 Å². The summed E-state index contributed by atoms with van der Waals surface area (Å²) in [7, 11) is 1.38. The van der Waals surface area contributed by atoms with Crippen LogP contribution in [0.2, 0.25) is 5.02 Å². The number of ether oxygens (including phenoxy) is 1. The Morgan fingerprint density at radius 1 is 1.30 bits per heavy atom. The van der Waals surface area contributed by atoms with E-state index < -0.39 is 0 Å². The predicted octanol–water partition coefficient (Wildman–Crippen LogP) is 4.50. The standard InChI is InChI=1S/C15H13BrClNO2/c1-20-15(19)12-5-3-2-4-10(12)9-18-14-7-6-11(17)8-13(14)16/h2-8,18H,9H2,1H3. The maximum atomic E-state index is 11.7. The molecule has 0 aliphatic carbocycles. The van der Waals surface area contributed by atoms with Gasteiger partial charge in [-0.25, -0.2) is 4.79 Å². The third kappa shape index (κ3) is 3.52. The first-order valence-electron chi connectivity index (χ1n) is 5.97. The molecule has 0 bridgehead atoms. The van der Waals surface area contributed by atoms with E-state index in [4.69, 9.17) is 16.3 Å². The smallest absolute Gasteiger partial charge is 0.338 e. The van der Waals surface area contributed by atoms with Crippen LogP contribution in [0, 0.1) is 0 Å². The lowest BCUT2D eigenvalue weighted by molar-refractivity contribution is 0.0599. The molecule has 0 fully saturated rings. The van der Waals surface area contributed by atoms with Crippen molar-refractivity contribution in [3.05, 3.63) is 63.1 Å². The number of benzene rings is 2. The van der Waals surface area contributed by atoms with Crippen LogP contribution in [0.3, 0.4) is 0 Å². The van der Waals surface area contributed by atoms with Gasteiger partial charge >= 0.3 is 5.97 Å². The van der Waals surface area contributed by atoms with E-state index in [1.54, 1.807) is 12.1 Å². The van der Waals surface area contributed by atoms with Gasteiger partial charge in [0.05, 0.1) is 12.7 Å². The van der Waals surface area contributed by atoms with Crippen LogP contribution >= 0.6 is 27.5 Å². The van der Waals surface area contributed by atoms with Gasteiger partial charge in [-0.3, -0.25) is 0 Å². The molecule has 0 radical (unpaired) electrons. The zero-order valence-electron chi connectivity index (χ0n) is 10.8. The number of halogens is 2. The van der Waals surface area contributed by atoms with Crippen molar-refractivity contribution in [1.82, 2.24) is 0 Å². The van der Waals surface area contributed by atoms with Gasteiger partial charge in [-0.2, -0.15) is 0 Å². The maximum absolute atomic E-state index is 11.7. The molecule has 20 heavy (non-hydrogen) atoms. The molecule has 0 saturated carbocycles. The lowest BCUT2D eigenvalue weighted by Gasteiger charge is -2.11. The summed E-state index contributed by atoms with van der Waals surface area (Å²) < 4.78 is 5.65. The molecule has 1 N–H and O–H groups in total. The summed E-state index contributed by atoms with van der Waals surface area (Å²) in [5.41, 5.74) is 2.35. The fourth-order valence-electron chi connectivity index (χ4n) is 1.81. The summed E-state index contributed by atoms with van der Waals surface area (Å²) in [4.78, 5) is 11.7. The molecule has 2 aromatic rings. The maximum Gasteiger partial charge on any atom is 0.338 e. The minimum Gasteiger partial charge on any atom is -0.465 e. The Morgan fingerprint density at radius 3 is 2.75 bits per heavy atom. The Hall–Kier alpha value is -1.52. The zero-order valence-corrected chi connectivity index (χ0v) is 13.2. The van der Waals surface area contributed by atoms with Crippen LogP contribution in [0.15, 0.2) is 46.9 Å². The minimum atomic E-state index is -0.336. The molecule has 0 unspecified atom stereocenters. The number of esters is 1. The third-order valence-electron chi connectivity index (χ3n) is 2.82. The molecule has 0 aromatic heterocycles. The molecular formula is C15H13BrClNO2. The van der Waals surface area contributed by atoms with Crippen molar-refractivity contribution in [2.75, 3.05) is 12.4 Å². The normalized spacial score (nSPS) is 10.2. The molecular weight excluding hydrogens is 342 g/mol. The highest BCUT2D eigenvalue weighted by molar-refractivity contribution is 9.10. The number of anilines is 1. The van der Waals surface area contributed by atoms with E-state index in [-0.39, 0.29) is 5.97 Å². The van der Waals surface area contributed by atoms with Gasteiger partial charge < -0.3 is 10.1 Å². The topological polar surface area (TPSA) is 38.3 Å². The largest absolute Gasteiger partial charge is 0.465 e. The number of carbonyl (C=O) groups is 1. The highest BCUT2D eigenvalue weighted by Gasteiger charge is 2.10. The Balaban J connectivity index is 2.17. The Bertz CT molecular complexity index is 631. The number of carbonyl (C=O) groups excluding carboxylic acids is 1. The molecule has 0 saturated heterocycles. The fourth-order valence-corrected chi connectivity index (χ4v) is 2.63. The summed E-state index contributed by atoms with van der Waals surface area (Å²) in [5.74, 6) is -0.336. The summed E-state index contributed by atoms with van der Waals surface area (Å²) in [5, 5.41) is 3.93. The van der Waals surface area contributed by atoms with Gasteiger partial charge in [0.25, 0.3) is 0 Å². The van der Waals surface area contributed by atoms with Gasteiger partial charge in [0.15, 0.2) is 0 Å². The average Bonchev–Trinajstić information content (AvgIpc) is 2.46. The first-order chi connectivity index (χ1) is 9.61. The number of hydrogen-bond donors (Lipinski definition) is 1. The van der Waals surface area contributed by atoms with Gasteiger partial charge in [-0.05, 0) is 45.8 Å². The van der Waals surface area contributed by atoms with Crippen molar-refractivity contribution >= 4 is 39.2 Å². The van der Waals surface area contributed by atoms with E-state index in [1.807, 2.05) is 30.3 Å². The Kier molecular flexibility index (Phi) is 5.04. The van der Waals surface area contributed by atoms with Gasteiger partial charge in [0.2, 0.25) is 0 Å². The highest BCUT2D eigenvalue weighted by atomic mass is 79.9. The Labute approximate surface area is 131 Å². The molecule has 0 atom stereocenters. The number of nitrogens with one attached hydrogen (secondary N) is 1. The summed E-state index contributed by atoms with van der Waals surface area (Å²) in [6.07, 6.45) is 0. The molecule has 2 rings (SSSR count). The van der Waals surface area contributed by atoms with Gasteiger partial charge in [-0.1, -0.05) is 29.8 Å². The van der Waals surface area contributed by atoms with Crippen LogP contribution in [0.4, 0.5) is 5.69 Å². The van der Waals surface area contributed by atoms with Crippen LogP contribution in [0.5, 0.6) is 0 Å². The first-order valence-corrected chi connectivity index (χ1v) is 7.14. The summed E-state index contributed by atoms with van der Waals surface area (Å²) in [6, 6.07) is 12.8. The van der Waals surface area contributed by atoms with Gasteiger partial charge in [0.1, 0.15) is 0 Å². The van der Waals surface area contributed by atoms with Gasteiger partial charge in [-0.15, -0.1) is 0 Å². The first kappa shape index (κ1) is 14.9. The van der Waals surface area contributed by atoms with Crippen LogP contribution in [-0.2, 0) is 11.3 Å². The molecule has 5 heteroatoms. The molecule has 2 aromatic carbocycles. The van der Waals surface area contributed by atoms with Crippen LogP contribution < -0.4 is 5.32 Å². The van der Waals surface area contributed by atoms with E-state index in [0.29, 0.717) is 17.1 Å². The van der Waals surface area contributed by atoms with Crippen LogP contribution in [0.1, 0.15) is 15.9 Å². The van der Waals surface area contributed by atoms with E-state index in [2.05, 4.69) is 21.2 Å². The molecule has 104 valence electrons. The SMILES string of the molecule is COC(=O)c1ccccc1CNc1ccc(Cl)cc1Br. The minimum absolute atomic E-state index is 0.336. The molecule has 3 nitrogen and oxygen atoms in total. The predicted molar refractivity (Wildman–Crippen MR) is 84.3 cm³/mol. The summed E-state index contributed by atoms with van der Waals surface area (Å²) in [6.45, 7) is 0.519. The molecule has 0 heterocycles. The Morgan fingerprint density at radius 2 is 2.05 bits per heavy atom. The van der Waals surface area contributed by atoms with Crippen molar-refractivity contribution in [2.45, 2.75) is 6.54 Å². The van der Waals surface area contributed by atoms with E-state index in [9.17, 15) is 4.79 Å². The molecule has 0 aliphatic rings. The molecule has 0 aliphatic heterocycles. The number of rotatable bonds is 4. The van der Waals surface area contributed by atoms with Crippen molar-refractivity contribution < 1.29 is 9.53 Å². The van der Waals surface area contributed by atoms with Crippen molar-refractivity contribution in [3.63, 3.8) is 0 Å². The fraction of sp³-hybridized carbons (Fsp3) is 0.133. The highest BCUT2D eigenvalue weighted by Crippen LogP contribution is 2.26. The van der Waals surface area contributed by atoms with Crippen molar-refractivity contribution in [3.8, 4) is 0 Å². The van der Waals surface area contributed by atoms with E-state index in [0.717, 1.165) is 15.7 Å². The second kappa shape index (κ2) is 6.77. The lowest BCUT2D eigenvalue weighted by atomic mass is 10.1. The number of hydrogen-bond acceptors (Lipinski definition) is 3. The monoisotopic (exact) mass is 353 g/mol. The quantitative estimate of drug-likeness (QED) is 0.822. The van der Waals surface area contributed by atoms with Crippen molar-refractivity contribution in [2.24, 2.45) is 0 Å². The second-order valence-corrected chi connectivity index (χ2v) is 5.42. The average molecular weight is 355 g/mol.